The molecule has 2 aliphatic carbocycles. The molecule has 0 aromatic carbocycles. The highest BCUT2D eigenvalue weighted by molar-refractivity contribution is 5.82. The molecule has 3 fully saturated rings. The topological polar surface area (TPSA) is 38.8 Å². The summed E-state index contributed by atoms with van der Waals surface area (Å²) in [6, 6.07) is 0.811. The molecule has 5 rings (SSSR count). The number of hydrogen-bond donors (Lipinski definition) is 1. The Morgan fingerprint density at radius 3 is 2.55 bits per heavy atom. The normalized spacial score (nSPS) is 35.6. The van der Waals surface area contributed by atoms with Gasteiger partial charge in [0.15, 0.2) is 0 Å². The van der Waals surface area contributed by atoms with E-state index in [1.54, 1.807) is 0 Å². The van der Waals surface area contributed by atoms with Gasteiger partial charge < -0.3 is 15.1 Å². The van der Waals surface area contributed by atoms with Crippen LogP contribution in [0.15, 0.2) is 35.1 Å². The molecule has 3 heterocycles. The van der Waals surface area contributed by atoms with Crippen LogP contribution in [0.2, 0.25) is 0 Å². The number of rotatable bonds is 7. The largest absolute Gasteiger partial charge is 0.311 e. The summed E-state index contributed by atoms with van der Waals surface area (Å²) < 4.78 is 0. The molecule has 1 N–H and O–H groups in total. The summed E-state index contributed by atoms with van der Waals surface area (Å²) in [7, 11) is 0. The second-order valence-corrected chi connectivity index (χ2v) is 15.0. The van der Waals surface area contributed by atoms with Gasteiger partial charge in [-0.25, -0.2) is 0 Å². The summed E-state index contributed by atoms with van der Waals surface area (Å²) in [4.78, 5) is 21.5. The van der Waals surface area contributed by atoms with Crippen LogP contribution in [-0.4, -0.2) is 78.5 Å². The van der Waals surface area contributed by atoms with E-state index in [1.807, 2.05) is 0 Å². The molecule has 4 atom stereocenters. The molecule has 0 bridgehead atoms. The van der Waals surface area contributed by atoms with Gasteiger partial charge >= 0.3 is 0 Å². The fourth-order valence-electron chi connectivity index (χ4n) is 8.60. The number of amides is 1. The summed E-state index contributed by atoms with van der Waals surface area (Å²) in [6.45, 7) is 25.3. The lowest BCUT2D eigenvalue weighted by Crippen LogP contribution is -2.61. The molecule has 5 aliphatic rings. The lowest BCUT2D eigenvalue weighted by atomic mass is 9.70. The van der Waals surface area contributed by atoms with Gasteiger partial charge in [0, 0.05) is 61.8 Å². The van der Waals surface area contributed by atoms with Gasteiger partial charge in [0.05, 0.1) is 6.54 Å². The van der Waals surface area contributed by atoms with Crippen molar-refractivity contribution in [3.8, 4) is 0 Å². The Balaban J connectivity index is 1.31. The average molecular weight is 551 g/mol. The fraction of sp³-hybridized carbons (Fsp3) is 0.800. The highest BCUT2D eigenvalue weighted by Crippen LogP contribution is 2.50. The van der Waals surface area contributed by atoms with E-state index in [-0.39, 0.29) is 11.3 Å². The molecule has 0 spiro atoms. The highest BCUT2D eigenvalue weighted by Gasteiger charge is 2.45. The fourth-order valence-corrected chi connectivity index (χ4v) is 8.60. The highest BCUT2D eigenvalue weighted by atomic mass is 16.2. The van der Waals surface area contributed by atoms with E-state index in [4.69, 9.17) is 0 Å². The number of piperidine rings is 1. The molecular weight excluding hydrogens is 492 g/mol. The zero-order valence-electron chi connectivity index (χ0n) is 26.6. The summed E-state index contributed by atoms with van der Waals surface area (Å²) in [6.07, 6.45) is 12.8. The van der Waals surface area contributed by atoms with Crippen LogP contribution >= 0.6 is 0 Å². The monoisotopic (exact) mass is 550 g/mol. The number of nitrogens with zero attached hydrogens (tertiary/aromatic N) is 3. The molecule has 224 valence electrons. The smallest absolute Gasteiger partial charge is 0.241 e. The van der Waals surface area contributed by atoms with E-state index < -0.39 is 0 Å². The number of hydrogen-bond acceptors (Lipinski definition) is 4. The third kappa shape index (κ3) is 6.47. The number of piperazine rings is 1. The maximum absolute atomic E-state index is 14.2. The predicted molar refractivity (Wildman–Crippen MR) is 167 cm³/mol. The van der Waals surface area contributed by atoms with Crippen LogP contribution in [-0.2, 0) is 4.79 Å². The minimum absolute atomic E-state index is 0.0191. The first kappa shape index (κ1) is 30.0. The third-order valence-corrected chi connectivity index (χ3v) is 11.2. The molecule has 2 unspecified atom stereocenters. The molecule has 5 heteroatoms. The second-order valence-electron chi connectivity index (χ2n) is 15.0. The summed E-state index contributed by atoms with van der Waals surface area (Å²) in [5, 5.41) is 3.71. The van der Waals surface area contributed by atoms with Crippen molar-refractivity contribution >= 4 is 5.91 Å². The molecule has 3 aliphatic heterocycles. The van der Waals surface area contributed by atoms with Crippen LogP contribution in [0.1, 0.15) is 92.9 Å². The number of likely N-dealkylation sites (tertiary alicyclic amines) is 1. The zero-order chi connectivity index (χ0) is 28.6. The minimum atomic E-state index is -0.0191. The minimum Gasteiger partial charge on any atom is -0.311 e. The molecule has 1 amide bonds. The van der Waals surface area contributed by atoms with Crippen molar-refractivity contribution in [3.05, 3.63) is 35.1 Å². The Hall–Kier alpha value is -1.43. The third-order valence-electron chi connectivity index (χ3n) is 11.2. The first-order valence-electron chi connectivity index (χ1n) is 16.7. The van der Waals surface area contributed by atoms with Crippen molar-refractivity contribution in [3.63, 3.8) is 0 Å². The standard InChI is InChI=1S/C35H58N4O/c1-8-28-10-9-15-37(20-28)21-31-18-36-25(3)19-38(31)22-33(40)39-23-35(6,7)34-27(5)26(4)30(17-32(34)39)16-29-13-11-24(2)12-14-29/h17,24-25,27-29,31,36H,4,8-16,18-23H2,1-3,5-7H3/t24?,25-,27?,28+,29?,31?/m1/s1. The Bertz CT molecular complexity index is 1000. The van der Waals surface area contributed by atoms with Gasteiger partial charge in [-0.15, -0.1) is 0 Å². The maximum atomic E-state index is 14.2. The van der Waals surface area contributed by atoms with Crippen LogP contribution in [0.3, 0.4) is 0 Å². The first-order valence-corrected chi connectivity index (χ1v) is 16.7. The molecule has 0 aromatic heterocycles. The summed E-state index contributed by atoms with van der Waals surface area (Å²) in [5.74, 6) is 3.05. The van der Waals surface area contributed by atoms with Crippen molar-refractivity contribution < 1.29 is 4.79 Å². The lowest BCUT2D eigenvalue weighted by Gasteiger charge is -2.43. The van der Waals surface area contributed by atoms with E-state index in [2.05, 4.69) is 74.2 Å². The van der Waals surface area contributed by atoms with E-state index in [1.165, 1.54) is 80.5 Å². The number of carbonyl (C=O) groups is 1. The van der Waals surface area contributed by atoms with Crippen LogP contribution in [0.25, 0.3) is 0 Å². The molecule has 0 aromatic rings. The zero-order valence-corrected chi connectivity index (χ0v) is 26.6. The van der Waals surface area contributed by atoms with Gasteiger partial charge in [0.25, 0.3) is 0 Å². The van der Waals surface area contributed by atoms with Crippen molar-refractivity contribution in [2.75, 3.05) is 45.8 Å². The quantitative estimate of drug-likeness (QED) is 0.407. The van der Waals surface area contributed by atoms with Gasteiger partial charge in [-0.3, -0.25) is 9.69 Å². The van der Waals surface area contributed by atoms with E-state index >= 15 is 0 Å². The Morgan fingerprint density at radius 2 is 1.82 bits per heavy atom. The Kier molecular flexibility index (Phi) is 9.34. The van der Waals surface area contributed by atoms with Crippen LogP contribution in [0, 0.1) is 29.1 Å². The van der Waals surface area contributed by atoms with Crippen LogP contribution in [0.5, 0.6) is 0 Å². The van der Waals surface area contributed by atoms with Gasteiger partial charge in [-0.1, -0.05) is 60.5 Å². The predicted octanol–water partition coefficient (Wildman–Crippen LogP) is 6.24. The lowest BCUT2D eigenvalue weighted by molar-refractivity contribution is -0.131. The summed E-state index contributed by atoms with van der Waals surface area (Å²) >= 11 is 0. The number of carbonyl (C=O) groups excluding carboxylic acids is 1. The average Bonchev–Trinajstić information content (AvgIpc) is 3.20. The van der Waals surface area contributed by atoms with Crippen molar-refractivity contribution in [1.82, 2.24) is 20.0 Å². The number of nitrogens with one attached hydrogen (secondary N) is 1. The Labute approximate surface area is 245 Å². The van der Waals surface area contributed by atoms with Gasteiger partial charge in [0.1, 0.15) is 0 Å². The second kappa shape index (κ2) is 12.4. The van der Waals surface area contributed by atoms with E-state index in [0.29, 0.717) is 24.5 Å². The van der Waals surface area contributed by atoms with Gasteiger partial charge in [-0.05, 0) is 86.1 Å². The maximum Gasteiger partial charge on any atom is 0.241 e. The molecule has 40 heavy (non-hydrogen) atoms. The van der Waals surface area contributed by atoms with Gasteiger partial charge in [-0.2, -0.15) is 0 Å². The summed E-state index contributed by atoms with van der Waals surface area (Å²) in [5.41, 5.74) is 5.31. The molecule has 0 radical (unpaired) electrons. The van der Waals surface area contributed by atoms with Gasteiger partial charge in [0.2, 0.25) is 5.91 Å². The molecule has 5 nitrogen and oxygen atoms in total. The van der Waals surface area contributed by atoms with Crippen LogP contribution in [0.4, 0.5) is 0 Å². The van der Waals surface area contributed by atoms with E-state index in [9.17, 15) is 4.79 Å². The molecule has 1 saturated carbocycles. The number of allylic oxidation sites excluding steroid dienone is 3. The van der Waals surface area contributed by atoms with Crippen molar-refractivity contribution in [2.45, 2.75) is 105 Å². The molecular formula is C35H58N4O. The first-order chi connectivity index (χ1) is 19.1. The van der Waals surface area contributed by atoms with Crippen LogP contribution < -0.4 is 5.32 Å². The Morgan fingerprint density at radius 1 is 1.07 bits per heavy atom. The van der Waals surface area contributed by atoms with E-state index in [0.717, 1.165) is 50.4 Å². The SMILES string of the molecule is C=C1C(CC2CCC(C)CC2)=CC2=C(C1C)C(C)(C)CN2C(=O)CN1C[C@@H](C)NCC1CN1CCC[C@H](CC)C1. The van der Waals surface area contributed by atoms with Crippen molar-refractivity contribution in [2.24, 2.45) is 29.1 Å². The van der Waals surface area contributed by atoms with Crippen molar-refractivity contribution in [1.29, 1.82) is 0 Å². The molecule has 2 saturated heterocycles.